The van der Waals surface area contributed by atoms with Crippen LogP contribution in [0, 0.1) is 0 Å². The quantitative estimate of drug-likeness (QED) is 0.454. The van der Waals surface area contributed by atoms with Crippen LogP contribution in [-0.4, -0.2) is 51.3 Å². The molecule has 2 amide bonds. The van der Waals surface area contributed by atoms with Gasteiger partial charge < -0.3 is 19.7 Å². The smallest absolute Gasteiger partial charge is 0.262 e. The summed E-state index contributed by atoms with van der Waals surface area (Å²) < 4.78 is 10.8. The summed E-state index contributed by atoms with van der Waals surface area (Å²) in [6.45, 7) is 6.75. The second-order valence-corrected chi connectivity index (χ2v) is 15.3. The number of fused-ring (bicyclic) bond motifs is 1. The molecule has 0 aliphatic carbocycles. The zero-order valence-electron chi connectivity index (χ0n) is 21.8. The van der Waals surface area contributed by atoms with E-state index in [4.69, 9.17) is 9.47 Å². The molecule has 192 valence electrons. The third kappa shape index (κ3) is 5.91. The van der Waals surface area contributed by atoms with Crippen molar-refractivity contribution >= 4 is 36.5 Å². The van der Waals surface area contributed by atoms with Crippen LogP contribution in [0.1, 0.15) is 27.5 Å². The predicted octanol–water partition coefficient (Wildman–Crippen LogP) is 4.20. The maximum Gasteiger partial charge on any atom is 0.262 e. The van der Waals surface area contributed by atoms with Crippen molar-refractivity contribution in [3.8, 4) is 11.5 Å². The third-order valence-corrected chi connectivity index (χ3v) is 8.57. The van der Waals surface area contributed by atoms with Gasteiger partial charge in [-0.25, -0.2) is 0 Å². The van der Waals surface area contributed by atoms with Crippen molar-refractivity contribution in [2.45, 2.75) is 32.1 Å². The molecule has 4 rings (SSSR count). The minimum absolute atomic E-state index is 0.0942. The first-order chi connectivity index (χ1) is 17.6. The number of rotatable bonds is 8. The van der Waals surface area contributed by atoms with Gasteiger partial charge in [0.2, 0.25) is 0 Å². The number of nitrogens with zero attached hydrogens (tertiary/aromatic N) is 1. The summed E-state index contributed by atoms with van der Waals surface area (Å²) in [5, 5.41) is 4.05. The molecule has 3 aromatic carbocycles. The second kappa shape index (κ2) is 10.6. The van der Waals surface area contributed by atoms with E-state index >= 15 is 0 Å². The summed E-state index contributed by atoms with van der Waals surface area (Å²) >= 11 is 0. The molecule has 1 aliphatic heterocycles. The summed E-state index contributed by atoms with van der Waals surface area (Å²) in [6, 6.07) is 19.5. The Morgan fingerprint density at radius 2 is 1.70 bits per heavy atom. The standard InChI is InChI=1S/C29H32N2O5Si/c1-31(29(34)21-10-15-24-26(17-21)36-18-27(33)30-24)28(20-8-11-22(35-2)12-9-20)25(32)16-19-6-13-23(14-7-19)37(3,4)5/h6-15,17,28H,16,18H2,1-5H3,(H,30,33). The fourth-order valence-electron chi connectivity index (χ4n) is 4.36. The highest BCUT2D eigenvalue weighted by atomic mass is 28.3. The second-order valence-electron chi connectivity index (χ2n) is 10.2. The molecule has 8 heteroatoms. The summed E-state index contributed by atoms with van der Waals surface area (Å²) in [7, 11) is 1.76. The number of ketones is 1. The Hall–Kier alpha value is -3.91. The average Bonchev–Trinajstić information content (AvgIpc) is 2.88. The predicted molar refractivity (Wildman–Crippen MR) is 147 cm³/mol. The van der Waals surface area contributed by atoms with Gasteiger partial charge >= 0.3 is 0 Å². The van der Waals surface area contributed by atoms with E-state index < -0.39 is 14.1 Å². The molecule has 37 heavy (non-hydrogen) atoms. The highest BCUT2D eigenvalue weighted by molar-refractivity contribution is 6.88. The largest absolute Gasteiger partial charge is 0.497 e. The molecule has 1 heterocycles. The van der Waals surface area contributed by atoms with Crippen LogP contribution in [-0.2, 0) is 16.0 Å². The molecule has 7 nitrogen and oxygen atoms in total. The van der Waals surface area contributed by atoms with Crippen molar-refractivity contribution in [3.05, 3.63) is 83.4 Å². The molecule has 1 unspecified atom stereocenters. The number of anilines is 1. The van der Waals surface area contributed by atoms with E-state index in [1.807, 2.05) is 24.3 Å². The van der Waals surface area contributed by atoms with Crippen molar-refractivity contribution in [1.29, 1.82) is 0 Å². The molecule has 0 bridgehead atoms. The summed E-state index contributed by atoms with van der Waals surface area (Å²) in [5.74, 6) is 0.426. The van der Waals surface area contributed by atoms with Crippen molar-refractivity contribution in [3.63, 3.8) is 0 Å². The lowest BCUT2D eigenvalue weighted by Crippen LogP contribution is -2.38. The summed E-state index contributed by atoms with van der Waals surface area (Å²) in [5.41, 5.74) is 2.48. The molecule has 0 spiro atoms. The SMILES string of the molecule is COc1ccc(C(C(=O)Cc2ccc([Si](C)(C)C)cc2)N(C)C(=O)c2ccc3c(c2)OCC(=O)N3)cc1. The van der Waals surface area contributed by atoms with Gasteiger partial charge in [0.05, 0.1) is 20.9 Å². The number of nitrogens with one attached hydrogen (secondary N) is 1. The average molecular weight is 517 g/mol. The number of hydrogen-bond acceptors (Lipinski definition) is 5. The summed E-state index contributed by atoms with van der Waals surface area (Å²) in [6.07, 6.45) is 0.194. The van der Waals surface area contributed by atoms with Crippen molar-refractivity contribution < 1.29 is 23.9 Å². The number of carbonyl (C=O) groups is 3. The molecule has 1 atom stereocenters. The van der Waals surface area contributed by atoms with Gasteiger partial charge in [0, 0.05) is 19.0 Å². The first-order valence-electron chi connectivity index (χ1n) is 12.2. The fraction of sp³-hybridized carbons (Fsp3) is 0.276. The third-order valence-electron chi connectivity index (χ3n) is 6.50. The molecule has 1 N–H and O–H groups in total. The van der Waals surface area contributed by atoms with Crippen molar-refractivity contribution in [2.24, 2.45) is 0 Å². The van der Waals surface area contributed by atoms with Gasteiger partial charge in [-0.1, -0.05) is 61.2 Å². The highest BCUT2D eigenvalue weighted by Gasteiger charge is 2.30. The minimum atomic E-state index is -1.45. The first kappa shape index (κ1) is 26.2. The first-order valence-corrected chi connectivity index (χ1v) is 15.7. The number of ether oxygens (including phenoxy) is 2. The summed E-state index contributed by atoms with van der Waals surface area (Å²) in [4.78, 5) is 40.3. The van der Waals surface area contributed by atoms with E-state index in [9.17, 15) is 14.4 Å². The molecule has 0 radical (unpaired) electrons. The highest BCUT2D eigenvalue weighted by Crippen LogP contribution is 2.31. The van der Waals surface area contributed by atoms with Crippen LogP contribution >= 0.6 is 0 Å². The molecule has 0 fully saturated rings. The molecule has 3 aromatic rings. The maximum absolute atomic E-state index is 13.7. The van der Waals surface area contributed by atoms with Crippen LogP contribution in [0.25, 0.3) is 0 Å². The lowest BCUT2D eigenvalue weighted by atomic mass is 9.95. The van der Waals surface area contributed by atoms with Crippen LogP contribution in [0.5, 0.6) is 11.5 Å². The normalized spacial score (nSPS) is 13.6. The van der Waals surface area contributed by atoms with E-state index in [-0.39, 0.29) is 30.6 Å². The monoisotopic (exact) mass is 516 g/mol. The number of hydrogen-bond donors (Lipinski definition) is 1. The van der Waals surface area contributed by atoms with Crippen LogP contribution in [0.4, 0.5) is 5.69 Å². The number of Topliss-reactive ketones (excluding diaryl/α,β-unsaturated/α-hetero) is 1. The van der Waals surface area contributed by atoms with E-state index in [0.29, 0.717) is 28.3 Å². The van der Waals surface area contributed by atoms with Gasteiger partial charge in [-0.3, -0.25) is 14.4 Å². The van der Waals surface area contributed by atoms with Crippen LogP contribution in [0.15, 0.2) is 66.7 Å². The van der Waals surface area contributed by atoms with Crippen molar-refractivity contribution in [1.82, 2.24) is 4.90 Å². The molecular formula is C29H32N2O5Si. The number of amides is 2. The van der Waals surface area contributed by atoms with E-state index in [1.165, 1.54) is 10.1 Å². The van der Waals surface area contributed by atoms with Gasteiger partial charge in [-0.05, 0) is 41.5 Å². The zero-order chi connectivity index (χ0) is 26.7. The van der Waals surface area contributed by atoms with Gasteiger partial charge in [-0.15, -0.1) is 0 Å². The molecule has 0 saturated carbocycles. The molecule has 1 aliphatic rings. The zero-order valence-corrected chi connectivity index (χ0v) is 22.8. The van der Waals surface area contributed by atoms with E-state index in [0.717, 1.165) is 5.56 Å². The minimum Gasteiger partial charge on any atom is -0.497 e. The topological polar surface area (TPSA) is 84.9 Å². The molecule has 0 saturated heterocycles. The number of carbonyl (C=O) groups excluding carboxylic acids is 3. The van der Waals surface area contributed by atoms with Gasteiger partial charge in [-0.2, -0.15) is 0 Å². The van der Waals surface area contributed by atoms with Gasteiger partial charge in [0.1, 0.15) is 17.5 Å². The van der Waals surface area contributed by atoms with Crippen LogP contribution in [0.3, 0.4) is 0 Å². The fourth-order valence-corrected chi connectivity index (χ4v) is 5.53. The van der Waals surface area contributed by atoms with Crippen LogP contribution < -0.4 is 20.0 Å². The van der Waals surface area contributed by atoms with E-state index in [2.05, 4.69) is 37.1 Å². The lowest BCUT2D eigenvalue weighted by molar-refractivity contribution is -0.122. The molecular weight excluding hydrogens is 484 g/mol. The van der Waals surface area contributed by atoms with Crippen LogP contribution in [0.2, 0.25) is 19.6 Å². The van der Waals surface area contributed by atoms with E-state index in [1.54, 1.807) is 44.5 Å². The Balaban J connectivity index is 1.62. The van der Waals surface area contributed by atoms with Gasteiger partial charge in [0.15, 0.2) is 12.4 Å². The Morgan fingerprint density at radius 3 is 2.32 bits per heavy atom. The number of benzene rings is 3. The lowest BCUT2D eigenvalue weighted by Gasteiger charge is -2.28. The number of methoxy groups -OCH3 is 1. The Labute approximate surface area is 218 Å². The maximum atomic E-state index is 13.7. The van der Waals surface area contributed by atoms with Crippen molar-refractivity contribution in [2.75, 3.05) is 26.1 Å². The Bertz CT molecular complexity index is 1310. The number of likely N-dealkylation sites (N-methyl/N-ethyl adjacent to an activating group) is 1. The van der Waals surface area contributed by atoms with Gasteiger partial charge in [0.25, 0.3) is 11.8 Å². The Morgan fingerprint density at radius 1 is 1.03 bits per heavy atom. The Kier molecular flexibility index (Phi) is 7.49. The molecule has 0 aromatic heterocycles.